The third kappa shape index (κ3) is 11.1. The zero-order chi connectivity index (χ0) is 41.5. The minimum atomic E-state index is -1.06. The molecule has 2 saturated heterocycles. The van der Waals surface area contributed by atoms with Crippen molar-refractivity contribution in [2.45, 2.75) is 134 Å². The van der Waals surface area contributed by atoms with E-state index in [1.165, 1.54) is 12.5 Å². The topological polar surface area (TPSA) is 199 Å². The van der Waals surface area contributed by atoms with E-state index in [0.29, 0.717) is 19.4 Å². The first-order valence-corrected chi connectivity index (χ1v) is 21.5. The van der Waals surface area contributed by atoms with E-state index in [4.69, 9.17) is 29.4 Å². The van der Waals surface area contributed by atoms with E-state index < -0.39 is 65.9 Å². The molecule has 0 bridgehead atoms. The third-order valence-electron chi connectivity index (χ3n) is 11.7. The second-order valence-electron chi connectivity index (χ2n) is 16.5. The van der Waals surface area contributed by atoms with Crippen molar-refractivity contribution in [1.82, 2.24) is 20.9 Å². The molecule has 316 valence electrons. The van der Waals surface area contributed by atoms with Crippen LogP contribution in [-0.4, -0.2) is 115 Å². The van der Waals surface area contributed by atoms with E-state index in [-0.39, 0.29) is 36.6 Å². The maximum atomic E-state index is 13.7. The molecule has 1 aromatic heterocycles. The largest absolute Gasteiger partial charge is 0.462 e. The number of alkyl carbamates (subject to hydrolysis) is 1. The second-order valence-corrected chi connectivity index (χ2v) is 17.5. The van der Waals surface area contributed by atoms with Crippen molar-refractivity contribution in [2.75, 3.05) is 32.3 Å². The number of aromatic amines is 1. The van der Waals surface area contributed by atoms with Crippen molar-refractivity contribution >= 4 is 46.5 Å². The number of hydrogen-bond donors (Lipinski definition) is 5. The van der Waals surface area contributed by atoms with Gasteiger partial charge in [0.2, 0.25) is 11.8 Å². The number of esters is 1. The summed E-state index contributed by atoms with van der Waals surface area (Å²) in [5.41, 5.74) is 8.32. The number of carbonyl (C=O) groups is 4. The predicted molar refractivity (Wildman–Crippen MR) is 220 cm³/mol. The number of aromatic nitrogens is 1. The molecule has 5 rings (SSSR count). The van der Waals surface area contributed by atoms with Gasteiger partial charge in [0.05, 0.1) is 30.7 Å². The summed E-state index contributed by atoms with van der Waals surface area (Å²) in [4.78, 5) is 56.7. The van der Waals surface area contributed by atoms with Crippen molar-refractivity contribution in [3.63, 3.8) is 0 Å². The van der Waals surface area contributed by atoms with Crippen molar-refractivity contribution in [3.8, 4) is 0 Å². The molecular formula is C42H63N5O9S. The second kappa shape index (κ2) is 19.4. The Balaban J connectivity index is 1.16. The number of fused-ring (bicyclic) bond motifs is 1. The fraction of sp³-hybridized carbons (Fsp3) is 0.667. The molecule has 1 aliphatic carbocycles. The zero-order valence-electron chi connectivity index (χ0n) is 34.7. The number of thioether (sulfide) groups is 1. The first kappa shape index (κ1) is 44.5. The van der Waals surface area contributed by atoms with Crippen LogP contribution in [0.3, 0.4) is 0 Å². The van der Waals surface area contributed by atoms with E-state index in [1.54, 1.807) is 18.9 Å². The number of epoxide rings is 2. The Labute approximate surface area is 340 Å². The highest BCUT2D eigenvalue weighted by molar-refractivity contribution is 7.98. The Bertz CT molecular complexity index is 1740. The molecule has 57 heavy (non-hydrogen) atoms. The maximum Gasteiger partial charge on any atom is 0.407 e. The highest BCUT2D eigenvalue weighted by Gasteiger charge is 2.72. The number of allylic oxidation sites excluding steroid dienone is 1. The molecule has 14 nitrogen and oxygen atoms in total. The molecule has 3 fully saturated rings. The average molecular weight is 814 g/mol. The van der Waals surface area contributed by atoms with Crippen LogP contribution in [0.4, 0.5) is 4.79 Å². The van der Waals surface area contributed by atoms with E-state index in [1.807, 2.05) is 50.6 Å². The smallest absolute Gasteiger partial charge is 0.407 e. The van der Waals surface area contributed by atoms with Crippen LogP contribution in [0.1, 0.15) is 79.2 Å². The summed E-state index contributed by atoms with van der Waals surface area (Å²) in [6.07, 6.45) is 7.87. The first-order valence-electron chi connectivity index (χ1n) is 20.1. The molecule has 1 saturated carbocycles. The summed E-state index contributed by atoms with van der Waals surface area (Å²) in [6, 6.07) is 4.25. The quantitative estimate of drug-likeness (QED) is 0.0545. The molecule has 3 aliphatic rings. The lowest BCUT2D eigenvalue weighted by Crippen LogP contribution is -2.56. The molecule has 0 radical (unpaired) electrons. The van der Waals surface area contributed by atoms with E-state index >= 15 is 0 Å². The fourth-order valence-corrected chi connectivity index (χ4v) is 8.51. The third-order valence-corrected chi connectivity index (χ3v) is 12.4. The van der Waals surface area contributed by atoms with Crippen molar-refractivity contribution in [1.29, 1.82) is 0 Å². The summed E-state index contributed by atoms with van der Waals surface area (Å²) in [6.45, 7) is 12.0. The van der Waals surface area contributed by atoms with Gasteiger partial charge in [0.25, 0.3) is 0 Å². The SMILES string of the molecule is CO[C@@H]1[C@H](OC(=O)N[C@@H](COC(=O)[C@H](C)NC(=O)[C@H](Cc2c[nH]c3ccccc23)NC(=O)[C@@H](N)CCCSC)C(C)C)CC[C@]2(CO2)[C@H]1[C@@]1(C)O[C@@H]1CC=C(C)C. The number of rotatable bonds is 20. The average Bonchev–Trinajstić information content (AvgIpc) is 4.05. The van der Waals surface area contributed by atoms with Crippen LogP contribution in [0.25, 0.3) is 10.9 Å². The molecule has 15 heteroatoms. The van der Waals surface area contributed by atoms with Gasteiger partial charge in [-0.3, -0.25) is 9.59 Å². The Morgan fingerprint density at radius 3 is 2.51 bits per heavy atom. The van der Waals surface area contributed by atoms with Gasteiger partial charge in [0.15, 0.2) is 0 Å². The van der Waals surface area contributed by atoms with Crippen LogP contribution in [0, 0.1) is 11.8 Å². The van der Waals surface area contributed by atoms with E-state index in [0.717, 1.165) is 41.5 Å². The number of hydrogen-bond acceptors (Lipinski definition) is 11. The van der Waals surface area contributed by atoms with Crippen LogP contribution in [-0.2, 0) is 44.5 Å². The summed E-state index contributed by atoms with van der Waals surface area (Å²) in [7, 11) is 1.63. The molecule has 3 amide bonds. The lowest BCUT2D eigenvalue weighted by atomic mass is 9.68. The van der Waals surface area contributed by atoms with E-state index in [9.17, 15) is 19.2 Å². The molecule has 1 spiro atoms. The Kier molecular flexibility index (Phi) is 15.1. The Morgan fingerprint density at radius 2 is 1.84 bits per heavy atom. The highest BCUT2D eigenvalue weighted by atomic mass is 32.2. The fourth-order valence-electron chi connectivity index (χ4n) is 8.05. The van der Waals surface area contributed by atoms with Crippen molar-refractivity contribution < 1.29 is 42.9 Å². The minimum Gasteiger partial charge on any atom is -0.462 e. The number of nitrogens with one attached hydrogen (secondary N) is 4. The standard InChI is InChI=1S/C42H63N5O9S/c1-24(2)15-16-34-41(6,56-34)36-35(52-7)33(17-18-42(36)23-54-42)55-40(51)47-32(25(3)4)22-53-39(50)26(5)45-38(49)31(46-37(48)29(43)13-11-19-57-8)20-27-21-44-30-14-10-9-12-28(27)30/h9-10,12,14-15,21,25-26,29,31-36,44H,11,13,16-20,22-23,43H2,1-8H3,(H,45,49)(H,46,48)(H,47,51)/t26-,29-,31-,32-,33+,34+,35+,36+,41-,42-/m0/s1. The van der Waals surface area contributed by atoms with Crippen LogP contribution in [0.2, 0.25) is 0 Å². The van der Waals surface area contributed by atoms with Gasteiger partial charge in [-0.1, -0.05) is 43.7 Å². The molecule has 1 aromatic carbocycles. The number of amides is 3. The number of carbonyl (C=O) groups excluding carboxylic acids is 4. The van der Waals surface area contributed by atoms with Gasteiger partial charge >= 0.3 is 12.1 Å². The minimum absolute atomic E-state index is 0.0259. The van der Waals surface area contributed by atoms with Crippen molar-refractivity contribution in [3.05, 3.63) is 47.7 Å². The summed E-state index contributed by atoms with van der Waals surface area (Å²) >= 11 is 1.67. The van der Waals surface area contributed by atoms with Gasteiger partial charge in [0, 0.05) is 30.6 Å². The van der Waals surface area contributed by atoms with Gasteiger partial charge in [0.1, 0.15) is 42.1 Å². The predicted octanol–water partition coefficient (Wildman–Crippen LogP) is 4.54. The molecular weight excluding hydrogens is 751 g/mol. The number of methoxy groups -OCH3 is 1. The number of nitrogens with two attached hydrogens (primary N) is 1. The number of para-hydroxylation sites is 1. The van der Waals surface area contributed by atoms with Gasteiger partial charge < -0.3 is 50.4 Å². The lowest BCUT2D eigenvalue weighted by molar-refractivity contribution is -0.148. The summed E-state index contributed by atoms with van der Waals surface area (Å²) < 4.78 is 30.0. The molecule has 6 N–H and O–H groups in total. The highest BCUT2D eigenvalue weighted by Crippen LogP contribution is 2.59. The summed E-state index contributed by atoms with van der Waals surface area (Å²) in [5, 5.41) is 9.33. The number of ether oxygens (including phenoxy) is 5. The zero-order valence-corrected chi connectivity index (χ0v) is 35.5. The van der Waals surface area contributed by atoms with Crippen LogP contribution < -0.4 is 21.7 Å². The Hall–Kier alpha value is -3.63. The first-order chi connectivity index (χ1) is 27.1. The maximum absolute atomic E-state index is 13.7. The monoisotopic (exact) mass is 813 g/mol. The van der Waals surface area contributed by atoms with Crippen LogP contribution in [0.15, 0.2) is 42.1 Å². The lowest BCUT2D eigenvalue weighted by Gasteiger charge is -2.42. The van der Waals surface area contributed by atoms with Gasteiger partial charge in [-0.2, -0.15) is 11.8 Å². The molecule has 2 aliphatic heterocycles. The molecule has 2 aromatic rings. The van der Waals surface area contributed by atoms with Gasteiger partial charge in [-0.05, 0) is 89.4 Å². The molecule has 3 heterocycles. The molecule has 0 unspecified atom stereocenters. The van der Waals surface area contributed by atoms with Crippen LogP contribution in [0.5, 0.6) is 0 Å². The number of H-pyrrole nitrogens is 1. The normalized spacial score (nSPS) is 27.2. The van der Waals surface area contributed by atoms with Crippen molar-refractivity contribution in [2.24, 2.45) is 17.6 Å². The molecule has 10 atom stereocenters. The van der Waals surface area contributed by atoms with Gasteiger partial charge in [-0.15, -0.1) is 0 Å². The van der Waals surface area contributed by atoms with E-state index in [2.05, 4.69) is 47.8 Å². The van der Waals surface area contributed by atoms with Crippen LogP contribution >= 0.6 is 11.8 Å². The Morgan fingerprint density at radius 1 is 1.11 bits per heavy atom. The van der Waals surface area contributed by atoms with Gasteiger partial charge in [-0.25, -0.2) is 9.59 Å². The number of benzene rings is 1. The summed E-state index contributed by atoms with van der Waals surface area (Å²) in [5.74, 6) is -1.06.